The maximum atomic E-state index is 12.4. The van der Waals surface area contributed by atoms with E-state index in [4.69, 9.17) is 22.1 Å². The molecule has 5 nitrogen and oxygen atoms in total. The molecule has 0 aliphatic carbocycles. The van der Waals surface area contributed by atoms with Crippen molar-refractivity contribution >= 4 is 29.2 Å². The van der Waals surface area contributed by atoms with E-state index < -0.39 is 0 Å². The molecule has 21 heavy (non-hydrogen) atoms. The molecular formula is C15H19ClN2O3. The highest BCUT2D eigenvalue weighted by molar-refractivity contribution is 6.31. The summed E-state index contributed by atoms with van der Waals surface area (Å²) in [5.74, 6) is -0.435. The third-order valence-corrected chi connectivity index (χ3v) is 3.88. The van der Waals surface area contributed by atoms with Gasteiger partial charge in [0.1, 0.15) is 0 Å². The fourth-order valence-electron chi connectivity index (χ4n) is 2.46. The van der Waals surface area contributed by atoms with Crippen molar-refractivity contribution in [2.24, 2.45) is 5.92 Å². The maximum absolute atomic E-state index is 12.4. The largest absolute Gasteiger partial charge is 0.466 e. The first kappa shape index (κ1) is 15.6. The summed E-state index contributed by atoms with van der Waals surface area (Å²) < 4.78 is 5.02. The quantitative estimate of drug-likeness (QED) is 0.687. The van der Waals surface area contributed by atoms with Gasteiger partial charge in [-0.2, -0.15) is 0 Å². The molecule has 1 heterocycles. The molecule has 2 rings (SSSR count). The molecule has 1 aromatic carbocycles. The van der Waals surface area contributed by atoms with Crippen LogP contribution in [0.15, 0.2) is 18.2 Å². The van der Waals surface area contributed by atoms with Gasteiger partial charge in [0.2, 0.25) is 0 Å². The minimum atomic E-state index is -0.174. The number of nitrogens with two attached hydrogens (primary N) is 1. The zero-order valence-corrected chi connectivity index (χ0v) is 12.7. The SMILES string of the molecule is CCOC(=O)C1CCN(C(=O)c2cc(Cl)ccc2N)CC1. The molecule has 114 valence electrons. The average Bonchev–Trinajstić information content (AvgIpc) is 2.49. The summed E-state index contributed by atoms with van der Waals surface area (Å²) in [7, 11) is 0. The molecule has 0 spiro atoms. The van der Waals surface area contributed by atoms with Crippen molar-refractivity contribution in [2.45, 2.75) is 19.8 Å². The van der Waals surface area contributed by atoms with Crippen molar-refractivity contribution in [1.29, 1.82) is 0 Å². The van der Waals surface area contributed by atoms with Crippen molar-refractivity contribution < 1.29 is 14.3 Å². The number of likely N-dealkylation sites (tertiary alicyclic amines) is 1. The van der Waals surface area contributed by atoms with Crippen LogP contribution < -0.4 is 5.73 Å². The van der Waals surface area contributed by atoms with Gasteiger partial charge in [-0.1, -0.05) is 11.6 Å². The number of carbonyl (C=O) groups excluding carboxylic acids is 2. The second-order valence-corrected chi connectivity index (χ2v) is 5.49. The Labute approximate surface area is 129 Å². The van der Waals surface area contributed by atoms with Gasteiger partial charge in [-0.15, -0.1) is 0 Å². The third-order valence-electron chi connectivity index (χ3n) is 3.65. The summed E-state index contributed by atoms with van der Waals surface area (Å²) in [5, 5.41) is 0.481. The van der Waals surface area contributed by atoms with Gasteiger partial charge in [-0.05, 0) is 38.0 Å². The maximum Gasteiger partial charge on any atom is 0.309 e. The van der Waals surface area contributed by atoms with E-state index in [9.17, 15) is 9.59 Å². The van der Waals surface area contributed by atoms with Crippen molar-refractivity contribution in [3.63, 3.8) is 0 Å². The molecule has 0 aromatic heterocycles. The van der Waals surface area contributed by atoms with Crippen LogP contribution in [0.25, 0.3) is 0 Å². The molecule has 2 N–H and O–H groups in total. The molecule has 0 bridgehead atoms. The van der Waals surface area contributed by atoms with Gasteiger partial charge in [-0.3, -0.25) is 9.59 Å². The van der Waals surface area contributed by atoms with Gasteiger partial charge in [-0.25, -0.2) is 0 Å². The van der Waals surface area contributed by atoms with Crippen molar-refractivity contribution in [3.8, 4) is 0 Å². The molecule has 0 unspecified atom stereocenters. The minimum Gasteiger partial charge on any atom is -0.466 e. The van der Waals surface area contributed by atoms with E-state index in [-0.39, 0.29) is 17.8 Å². The van der Waals surface area contributed by atoms with Crippen molar-refractivity contribution in [1.82, 2.24) is 4.90 Å². The predicted molar refractivity (Wildman–Crippen MR) is 81.1 cm³/mol. The van der Waals surface area contributed by atoms with Crippen LogP contribution in [-0.2, 0) is 9.53 Å². The van der Waals surface area contributed by atoms with Crippen LogP contribution in [0.5, 0.6) is 0 Å². The van der Waals surface area contributed by atoms with Crippen LogP contribution >= 0.6 is 11.6 Å². The third kappa shape index (κ3) is 3.67. The predicted octanol–water partition coefficient (Wildman–Crippen LogP) is 2.34. The summed E-state index contributed by atoms with van der Waals surface area (Å²) in [5.41, 5.74) is 6.66. The Balaban J connectivity index is 2.00. The number of nitrogen functional groups attached to an aromatic ring is 1. The zero-order chi connectivity index (χ0) is 15.4. The molecule has 0 saturated carbocycles. The second-order valence-electron chi connectivity index (χ2n) is 5.05. The van der Waals surface area contributed by atoms with Crippen LogP contribution in [0.4, 0.5) is 5.69 Å². The van der Waals surface area contributed by atoms with Crippen LogP contribution in [-0.4, -0.2) is 36.5 Å². The molecule has 0 atom stereocenters. The molecule has 1 aliphatic heterocycles. The summed E-state index contributed by atoms with van der Waals surface area (Å²) in [6, 6.07) is 4.86. The fourth-order valence-corrected chi connectivity index (χ4v) is 2.63. The highest BCUT2D eigenvalue weighted by atomic mass is 35.5. The average molecular weight is 311 g/mol. The Hall–Kier alpha value is -1.75. The molecule has 1 amide bonds. The molecule has 1 saturated heterocycles. The Bertz CT molecular complexity index is 540. The lowest BCUT2D eigenvalue weighted by atomic mass is 9.96. The number of carbonyl (C=O) groups is 2. The molecule has 6 heteroatoms. The minimum absolute atomic E-state index is 0.120. The molecule has 0 radical (unpaired) electrons. The second kappa shape index (κ2) is 6.80. The van der Waals surface area contributed by atoms with Crippen LogP contribution in [0.3, 0.4) is 0 Å². The Morgan fingerprint density at radius 2 is 2.05 bits per heavy atom. The number of nitrogens with zero attached hydrogens (tertiary/aromatic N) is 1. The van der Waals surface area contributed by atoms with E-state index >= 15 is 0 Å². The lowest BCUT2D eigenvalue weighted by Gasteiger charge is -2.31. The van der Waals surface area contributed by atoms with Crippen molar-refractivity contribution in [3.05, 3.63) is 28.8 Å². The number of rotatable bonds is 3. The van der Waals surface area contributed by atoms with E-state index in [0.29, 0.717) is 48.8 Å². The number of hydrogen-bond acceptors (Lipinski definition) is 4. The van der Waals surface area contributed by atoms with Gasteiger partial charge < -0.3 is 15.4 Å². The van der Waals surface area contributed by atoms with Gasteiger partial charge in [0.05, 0.1) is 18.1 Å². The van der Waals surface area contributed by atoms with Crippen molar-refractivity contribution in [2.75, 3.05) is 25.4 Å². The van der Waals surface area contributed by atoms with Gasteiger partial charge in [0.25, 0.3) is 5.91 Å². The summed E-state index contributed by atoms with van der Waals surface area (Å²) >= 11 is 5.91. The number of amides is 1. The normalized spacial score (nSPS) is 15.8. The molecule has 1 aromatic rings. The summed E-state index contributed by atoms with van der Waals surface area (Å²) in [6.07, 6.45) is 1.23. The molecular weight excluding hydrogens is 292 g/mol. The van der Waals surface area contributed by atoms with Gasteiger partial charge >= 0.3 is 5.97 Å². The number of hydrogen-bond donors (Lipinski definition) is 1. The van der Waals surface area contributed by atoms with Crippen LogP contribution in [0.2, 0.25) is 5.02 Å². The fraction of sp³-hybridized carbons (Fsp3) is 0.467. The van der Waals surface area contributed by atoms with Gasteiger partial charge in [0.15, 0.2) is 0 Å². The topological polar surface area (TPSA) is 72.6 Å². The number of anilines is 1. The zero-order valence-electron chi connectivity index (χ0n) is 12.0. The first-order valence-electron chi connectivity index (χ1n) is 7.04. The first-order chi connectivity index (χ1) is 10.0. The molecule has 1 fully saturated rings. The van der Waals surface area contributed by atoms with Crippen LogP contribution in [0, 0.1) is 5.92 Å². The van der Waals surface area contributed by atoms with E-state index in [1.54, 1.807) is 30.0 Å². The van der Waals surface area contributed by atoms with Gasteiger partial charge in [0, 0.05) is 23.8 Å². The number of ether oxygens (including phenoxy) is 1. The monoisotopic (exact) mass is 310 g/mol. The Morgan fingerprint density at radius 1 is 1.38 bits per heavy atom. The smallest absolute Gasteiger partial charge is 0.309 e. The summed E-state index contributed by atoms with van der Waals surface area (Å²) in [4.78, 5) is 25.8. The standard InChI is InChI=1S/C15H19ClN2O3/c1-2-21-15(20)10-5-7-18(8-6-10)14(19)12-9-11(16)3-4-13(12)17/h3-4,9-10H,2,5-8,17H2,1H3. The highest BCUT2D eigenvalue weighted by Crippen LogP contribution is 2.24. The van der Waals surface area contributed by atoms with E-state index in [2.05, 4.69) is 0 Å². The highest BCUT2D eigenvalue weighted by Gasteiger charge is 2.29. The van der Waals surface area contributed by atoms with E-state index in [1.807, 2.05) is 0 Å². The Kier molecular flexibility index (Phi) is 5.07. The number of halogens is 1. The summed E-state index contributed by atoms with van der Waals surface area (Å²) in [6.45, 7) is 3.22. The molecule has 1 aliphatic rings. The first-order valence-corrected chi connectivity index (χ1v) is 7.41. The lowest BCUT2D eigenvalue weighted by Crippen LogP contribution is -2.40. The van der Waals surface area contributed by atoms with E-state index in [1.165, 1.54) is 0 Å². The van der Waals surface area contributed by atoms with E-state index in [0.717, 1.165) is 0 Å². The number of benzene rings is 1. The Morgan fingerprint density at radius 3 is 2.67 bits per heavy atom. The van der Waals surface area contributed by atoms with Crippen LogP contribution in [0.1, 0.15) is 30.1 Å². The number of piperidine rings is 1. The number of esters is 1. The lowest BCUT2D eigenvalue weighted by molar-refractivity contribution is -0.149.